The van der Waals surface area contributed by atoms with Crippen LogP contribution < -0.4 is 4.90 Å². The molecule has 0 aliphatic heterocycles. The van der Waals surface area contributed by atoms with Gasteiger partial charge in [0.15, 0.2) is 5.82 Å². The lowest BCUT2D eigenvalue weighted by Crippen LogP contribution is -2.18. The zero-order chi connectivity index (χ0) is 19.7. The van der Waals surface area contributed by atoms with E-state index in [1.54, 1.807) is 0 Å². The van der Waals surface area contributed by atoms with Crippen molar-refractivity contribution in [2.75, 3.05) is 11.9 Å². The van der Waals surface area contributed by atoms with Crippen molar-refractivity contribution in [2.24, 2.45) is 0 Å². The Morgan fingerprint density at radius 1 is 0.750 bits per heavy atom. The number of aryl methyl sites for hydroxylation is 3. The Kier molecular flexibility index (Phi) is 4.82. The molecule has 0 spiro atoms. The molecule has 0 aliphatic rings. The number of nitrogens with zero attached hydrogens (tertiary/aromatic N) is 3. The Morgan fingerprint density at radius 3 is 2.04 bits per heavy atom. The molecule has 0 atom stereocenters. The largest absolute Gasteiger partial charge is 0.353 e. The van der Waals surface area contributed by atoms with E-state index in [2.05, 4.69) is 98.5 Å². The molecular weight excluding hydrogens is 342 g/mol. The Hall–Kier alpha value is -3.20. The molecule has 4 aromatic rings. The average molecular weight is 367 g/mol. The Labute approximate surface area is 166 Å². The van der Waals surface area contributed by atoms with Crippen molar-refractivity contribution in [3.63, 3.8) is 0 Å². The first-order chi connectivity index (χ1) is 13.5. The van der Waals surface area contributed by atoms with Gasteiger partial charge in [-0.3, -0.25) is 0 Å². The van der Waals surface area contributed by atoms with Gasteiger partial charge in [0.1, 0.15) is 5.69 Å². The minimum Gasteiger partial charge on any atom is -0.353 e. The second-order valence-electron chi connectivity index (χ2n) is 7.53. The summed E-state index contributed by atoms with van der Waals surface area (Å²) in [6, 6.07) is 23.3. The Balaban J connectivity index is 1.84. The van der Waals surface area contributed by atoms with Crippen LogP contribution in [0, 0.1) is 20.8 Å². The van der Waals surface area contributed by atoms with Crippen LogP contribution in [-0.2, 0) is 6.54 Å². The quantitative estimate of drug-likeness (QED) is 0.452. The van der Waals surface area contributed by atoms with E-state index >= 15 is 0 Å². The molecule has 1 heterocycles. The van der Waals surface area contributed by atoms with Gasteiger partial charge in [-0.2, -0.15) is 0 Å². The lowest BCUT2D eigenvalue weighted by molar-refractivity contribution is 0.877. The first-order valence-electron chi connectivity index (χ1n) is 9.63. The first kappa shape index (κ1) is 18.2. The highest BCUT2D eigenvalue weighted by atomic mass is 15.2. The Bertz CT molecular complexity index is 1110. The van der Waals surface area contributed by atoms with E-state index in [0.29, 0.717) is 0 Å². The van der Waals surface area contributed by atoms with Gasteiger partial charge < -0.3 is 4.90 Å². The van der Waals surface area contributed by atoms with Crippen LogP contribution in [0.2, 0.25) is 0 Å². The van der Waals surface area contributed by atoms with Crippen LogP contribution in [0.15, 0.2) is 66.7 Å². The van der Waals surface area contributed by atoms with Gasteiger partial charge >= 0.3 is 0 Å². The predicted molar refractivity (Wildman–Crippen MR) is 118 cm³/mol. The summed E-state index contributed by atoms with van der Waals surface area (Å²) < 4.78 is 0. The molecule has 3 nitrogen and oxygen atoms in total. The average Bonchev–Trinajstić information content (AvgIpc) is 2.68. The molecule has 0 saturated carbocycles. The molecule has 1 aromatic heterocycles. The molecule has 0 N–H and O–H groups in total. The van der Waals surface area contributed by atoms with Crippen LogP contribution >= 0.6 is 0 Å². The van der Waals surface area contributed by atoms with Gasteiger partial charge in [0, 0.05) is 29.9 Å². The molecule has 3 heteroatoms. The number of hydrogen-bond donors (Lipinski definition) is 0. The summed E-state index contributed by atoms with van der Waals surface area (Å²) in [7, 11) is 2.07. The summed E-state index contributed by atoms with van der Waals surface area (Å²) >= 11 is 0. The van der Waals surface area contributed by atoms with E-state index < -0.39 is 0 Å². The fourth-order valence-corrected chi connectivity index (χ4v) is 4.04. The van der Waals surface area contributed by atoms with Gasteiger partial charge in [-0.25, -0.2) is 0 Å². The molecule has 0 unspecified atom stereocenters. The van der Waals surface area contributed by atoms with E-state index in [9.17, 15) is 0 Å². The van der Waals surface area contributed by atoms with Crippen LogP contribution in [0.4, 0.5) is 5.82 Å². The van der Waals surface area contributed by atoms with E-state index in [1.807, 2.05) is 6.07 Å². The molecule has 0 bridgehead atoms. The highest BCUT2D eigenvalue weighted by Gasteiger charge is 2.16. The third-order valence-electron chi connectivity index (χ3n) is 5.21. The maximum Gasteiger partial charge on any atom is 0.159 e. The predicted octanol–water partition coefficient (Wildman–Crippen LogP) is 5.86. The van der Waals surface area contributed by atoms with Crippen molar-refractivity contribution in [3.05, 3.63) is 89.0 Å². The molecule has 28 heavy (non-hydrogen) atoms. The van der Waals surface area contributed by atoms with Gasteiger partial charge in [-0.05, 0) is 37.5 Å². The minimum absolute atomic E-state index is 0.793. The second-order valence-corrected chi connectivity index (χ2v) is 7.53. The number of fused-ring (bicyclic) bond motifs is 1. The summed E-state index contributed by atoms with van der Waals surface area (Å²) in [6.45, 7) is 7.24. The number of anilines is 1. The molecule has 140 valence electrons. The summed E-state index contributed by atoms with van der Waals surface area (Å²) in [5.41, 5.74) is 7.15. The van der Waals surface area contributed by atoms with Crippen LogP contribution in [0.1, 0.15) is 22.3 Å². The highest BCUT2D eigenvalue weighted by molar-refractivity contribution is 6.01. The molecule has 0 saturated heterocycles. The minimum atomic E-state index is 0.793. The Morgan fingerprint density at radius 2 is 1.36 bits per heavy atom. The van der Waals surface area contributed by atoms with Crippen LogP contribution in [-0.4, -0.2) is 17.2 Å². The third-order valence-corrected chi connectivity index (χ3v) is 5.21. The SMILES string of the molecule is Cc1cc(C)c(-c2nnc(N(C)Cc3ccccc3)c3ccccc23)c(C)c1. The zero-order valence-electron chi connectivity index (χ0n) is 16.9. The van der Waals surface area contributed by atoms with E-state index in [-0.39, 0.29) is 0 Å². The number of aromatic nitrogens is 2. The summed E-state index contributed by atoms with van der Waals surface area (Å²) in [6.07, 6.45) is 0. The molecule has 0 aliphatic carbocycles. The smallest absolute Gasteiger partial charge is 0.159 e. The molecular formula is C25H25N3. The zero-order valence-corrected chi connectivity index (χ0v) is 16.9. The first-order valence-corrected chi connectivity index (χ1v) is 9.63. The van der Waals surface area contributed by atoms with Crippen LogP contribution in [0.25, 0.3) is 22.0 Å². The lowest BCUT2D eigenvalue weighted by Gasteiger charge is -2.21. The fraction of sp³-hybridized carbons (Fsp3) is 0.200. The number of hydrogen-bond acceptors (Lipinski definition) is 3. The monoisotopic (exact) mass is 367 g/mol. The van der Waals surface area contributed by atoms with Crippen molar-refractivity contribution in [1.29, 1.82) is 0 Å². The fourth-order valence-electron chi connectivity index (χ4n) is 4.04. The van der Waals surface area contributed by atoms with Crippen molar-refractivity contribution < 1.29 is 0 Å². The highest BCUT2D eigenvalue weighted by Crippen LogP contribution is 2.35. The van der Waals surface area contributed by atoms with E-state index in [0.717, 1.165) is 28.8 Å². The second kappa shape index (κ2) is 7.43. The maximum atomic E-state index is 4.70. The lowest BCUT2D eigenvalue weighted by atomic mass is 9.94. The molecule has 0 amide bonds. The number of benzene rings is 3. The summed E-state index contributed by atoms with van der Waals surface area (Å²) in [5.74, 6) is 0.908. The number of rotatable bonds is 4. The molecule has 0 fully saturated rings. The van der Waals surface area contributed by atoms with Gasteiger partial charge in [-0.1, -0.05) is 72.3 Å². The van der Waals surface area contributed by atoms with Crippen molar-refractivity contribution in [2.45, 2.75) is 27.3 Å². The van der Waals surface area contributed by atoms with Gasteiger partial charge in [0.25, 0.3) is 0 Å². The van der Waals surface area contributed by atoms with Crippen LogP contribution in [0.3, 0.4) is 0 Å². The molecule has 3 aromatic carbocycles. The third kappa shape index (κ3) is 3.36. The van der Waals surface area contributed by atoms with Crippen molar-refractivity contribution in [1.82, 2.24) is 10.2 Å². The van der Waals surface area contributed by atoms with Crippen LogP contribution in [0.5, 0.6) is 0 Å². The topological polar surface area (TPSA) is 29.0 Å². The molecule has 0 radical (unpaired) electrons. The maximum absolute atomic E-state index is 4.70. The van der Waals surface area contributed by atoms with Gasteiger partial charge in [0.05, 0.1) is 0 Å². The van der Waals surface area contributed by atoms with Crippen molar-refractivity contribution >= 4 is 16.6 Å². The standard InChI is InChI=1S/C25H25N3/c1-17-14-18(2)23(19(3)15-17)24-21-12-8-9-13-22(21)25(27-26-24)28(4)16-20-10-6-5-7-11-20/h5-15H,16H2,1-4H3. The van der Waals surface area contributed by atoms with Crippen molar-refractivity contribution in [3.8, 4) is 11.3 Å². The molecule has 4 rings (SSSR count). The normalized spacial score (nSPS) is 11.0. The van der Waals surface area contributed by atoms with E-state index in [4.69, 9.17) is 5.10 Å². The summed E-state index contributed by atoms with van der Waals surface area (Å²) in [4.78, 5) is 2.17. The van der Waals surface area contributed by atoms with Gasteiger partial charge in [-0.15, -0.1) is 10.2 Å². The van der Waals surface area contributed by atoms with Gasteiger partial charge in [0.2, 0.25) is 0 Å². The van der Waals surface area contributed by atoms with E-state index in [1.165, 1.54) is 27.8 Å². The summed E-state index contributed by atoms with van der Waals surface area (Å²) in [5, 5.41) is 11.6.